The van der Waals surface area contributed by atoms with Crippen molar-refractivity contribution in [3.05, 3.63) is 54.1 Å². The number of carbonyl (C=O) groups excluding carboxylic acids is 2. The molecule has 2 amide bonds. The zero-order chi connectivity index (χ0) is 19.1. The van der Waals surface area contributed by atoms with Crippen molar-refractivity contribution in [2.24, 2.45) is 0 Å². The monoisotopic (exact) mass is 365 g/mol. The third-order valence-electron chi connectivity index (χ3n) is 4.96. The Bertz CT molecular complexity index is 815. The highest BCUT2D eigenvalue weighted by Crippen LogP contribution is 2.29. The van der Waals surface area contributed by atoms with Crippen LogP contribution in [-0.2, 0) is 11.3 Å². The highest BCUT2D eigenvalue weighted by atomic mass is 16.2. The number of nitrogens with zero attached hydrogens (tertiary/aromatic N) is 3. The van der Waals surface area contributed by atoms with Gasteiger partial charge in [-0.25, -0.2) is 4.98 Å². The third kappa shape index (κ3) is 4.53. The largest absolute Gasteiger partial charge is 0.341 e. The Hall–Kier alpha value is -3.14. The number of rotatable bonds is 6. The fourth-order valence-corrected chi connectivity index (χ4v) is 3.50. The number of amides is 2. The van der Waals surface area contributed by atoms with Gasteiger partial charge >= 0.3 is 0 Å². The average molecular weight is 365 g/mol. The normalized spacial score (nSPS) is 15.5. The number of aromatic nitrogens is 2. The third-order valence-corrected chi connectivity index (χ3v) is 4.96. The SMILES string of the molecule is N#CCNC(=O)C1(NC(=O)c2ccc(Cn3ccnc3)cc2)CCCCC1. The lowest BCUT2D eigenvalue weighted by molar-refractivity contribution is -0.128. The van der Waals surface area contributed by atoms with Gasteiger partial charge < -0.3 is 15.2 Å². The molecule has 2 N–H and O–H groups in total. The van der Waals surface area contributed by atoms with Gasteiger partial charge in [-0.2, -0.15) is 5.26 Å². The highest BCUT2D eigenvalue weighted by molar-refractivity contribution is 5.99. The van der Waals surface area contributed by atoms with E-state index in [1.54, 1.807) is 24.7 Å². The standard InChI is InChI=1S/C20H23N5O2/c21-10-11-23-19(27)20(8-2-1-3-9-20)24-18(26)17-6-4-16(5-7-17)14-25-13-12-22-15-25/h4-7,12-13,15H,1-3,8-9,11,14H2,(H,23,27)(H,24,26). The molecule has 1 saturated carbocycles. The minimum atomic E-state index is -0.929. The number of imidazole rings is 1. The molecule has 7 heteroatoms. The van der Waals surface area contributed by atoms with E-state index in [2.05, 4.69) is 15.6 Å². The van der Waals surface area contributed by atoms with E-state index in [0.717, 1.165) is 24.8 Å². The van der Waals surface area contributed by atoms with E-state index in [1.165, 1.54) is 0 Å². The summed E-state index contributed by atoms with van der Waals surface area (Å²) in [5.74, 6) is -0.535. The van der Waals surface area contributed by atoms with Crippen molar-refractivity contribution < 1.29 is 9.59 Å². The predicted molar refractivity (Wildman–Crippen MR) is 99.7 cm³/mol. The van der Waals surface area contributed by atoms with Crippen molar-refractivity contribution in [3.63, 3.8) is 0 Å². The van der Waals surface area contributed by atoms with Crippen LogP contribution in [0.1, 0.15) is 48.0 Å². The van der Waals surface area contributed by atoms with E-state index in [9.17, 15) is 9.59 Å². The predicted octanol–water partition coefficient (Wildman–Crippen LogP) is 2.00. The van der Waals surface area contributed by atoms with E-state index in [1.807, 2.05) is 29.0 Å². The van der Waals surface area contributed by atoms with Crippen LogP contribution in [0.15, 0.2) is 43.0 Å². The summed E-state index contributed by atoms with van der Waals surface area (Å²) < 4.78 is 1.95. The Balaban J connectivity index is 1.69. The Labute approximate surface area is 158 Å². The summed E-state index contributed by atoms with van der Waals surface area (Å²) in [5.41, 5.74) is 0.646. The van der Waals surface area contributed by atoms with Gasteiger partial charge in [-0.1, -0.05) is 31.4 Å². The first kappa shape index (κ1) is 18.6. The summed E-state index contributed by atoms with van der Waals surface area (Å²) in [6.07, 6.45) is 9.34. The van der Waals surface area contributed by atoms with Crippen molar-refractivity contribution in [3.8, 4) is 6.07 Å². The quantitative estimate of drug-likeness (QED) is 0.765. The number of carbonyl (C=O) groups is 2. The number of nitriles is 1. The van der Waals surface area contributed by atoms with Gasteiger partial charge in [-0.05, 0) is 30.5 Å². The maximum Gasteiger partial charge on any atom is 0.252 e. The molecule has 3 rings (SSSR count). The summed E-state index contributed by atoms with van der Waals surface area (Å²) in [4.78, 5) is 29.4. The first-order chi connectivity index (χ1) is 13.1. The molecular weight excluding hydrogens is 342 g/mol. The lowest BCUT2D eigenvalue weighted by atomic mass is 9.80. The zero-order valence-electron chi connectivity index (χ0n) is 15.1. The second-order valence-electron chi connectivity index (χ2n) is 6.87. The van der Waals surface area contributed by atoms with Gasteiger partial charge in [0.1, 0.15) is 12.1 Å². The van der Waals surface area contributed by atoms with Crippen LogP contribution >= 0.6 is 0 Å². The van der Waals surface area contributed by atoms with Crippen LogP contribution in [0.2, 0.25) is 0 Å². The maximum atomic E-state index is 12.8. The van der Waals surface area contributed by atoms with Crippen molar-refractivity contribution in [1.29, 1.82) is 5.26 Å². The molecule has 1 aromatic carbocycles. The van der Waals surface area contributed by atoms with E-state index < -0.39 is 5.54 Å². The van der Waals surface area contributed by atoms with Crippen LogP contribution in [0, 0.1) is 11.3 Å². The van der Waals surface area contributed by atoms with Crippen LogP contribution in [-0.4, -0.2) is 33.4 Å². The van der Waals surface area contributed by atoms with Crippen molar-refractivity contribution in [2.75, 3.05) is 6.54 Å². The molecule has 2 aromatic rings. The van der Waals surface area contributed by atoms with Crippen LogP contribution in [0.5, 0.6) is 0 Å². The minimum absolute atomic E-state index is 0.0562. The molecule has 0 spiro atoms. The lowest BCUT2D eigenvalue weighted by Crippen LogP contribution is -2.59. The Morgan fingerprint density at radius 3 is 2.56 bits per heavy atom. The van der Waals surface area contributed by atoms with Gasteiger partial charge in [0.15, 0.2) is 0 Å². The fourth-order valence-electron chi connectivity index (χ4n) is 3.50. The topological polar surface area (TPSA) is 99.8 Å². The Morgan fingerprint density at radius 1 is 1.19 bits per heavy atom. The lowest BCUT2D eigenvalue weighted by Gasteiger charge is -2.36. The van der Waals surface area contributed by atoms with Crippen molar-refractivity contribution in [2.45, 2.75) is 44.2 Å². The molecule has 7 nitrogen and oxygen atoms in total. The molecule has 0 saturated heterocycles. The number of hydrogen-bond acceptors (Lipinski definition) is 4. The van der Waals surface area contributed by atoms with E-state index in [4.69, 9.17) is 5.26 Å². The minimum Gasteiger partial charge on any atom is -0.341 e. The van der Waals surface area contributed by atoms with E-state index >= 15 is 0 Å². The number of benzene rings is 1. The Morgan fingerprint density at radius 2 is 1.93 bits per heavy atom. The average Bonchev–Trinajstić information content (AvgIpc) is 3.20. The maximum absolute atomic E-state index is 12.8. The molecule has 27 heavy (non-hydrogen) atoms. The molecule has 1 aliphatic carbocycles. The van der Waals surface area contributed by atoms with Crippen LogP contribution in [0.25, 0.3) is 0 Å². The fraction of sp³-hybridized carbons (Fsp3) is 0.400. The van der Waals surface area contributed by atoms with Crippen molar-refractivity contribution >= 4 is 11.8 Å². The number of nitrogens with one attached hydrogen (secondary N) is 2. The summed E-state index contributed by atoms with van der Waals surface area (Å²) in [6.45, 7) is 0.627. The Kier molecular flexibility index (Phi) is 5.87. The smallest absolute Gasteiger partial charge is 0.252 e. The van der Waals surface area contributed by atoms with E-state index in [0.29, 0.717) is 24.9 Å². The highest BCUT2D eigenvalue weighted by Gasteiger charge is 2.40. The van der Waals surface area contributed by atoms with Gasteiger partial charge in [-0.15, -0.1) is 0 Å². The van der Waals surface area contributed by atoms with Crippen LogP contribution in [0.4, 0.5) is 0 Å². The molecule has 1 fully saturated rings. The van der Waals surface area contributed by atoms with E-state index in [-0.39, 0.29) is 18.4 Å². The van der Waals surface area contributed by atoms with Crippen LogP contribution in [0.3, 0.4) is 0 Å². The molecular formula is C20H23N5O2. The molecule has 0 aliphatic heterocycles. The molecule has 0 bridgehead atoms. The molecule has 1 heterocycles. The zero-order valence-corrected chi connectivity index (χ0v) is 15.1. The van der Waals surface area contributed by atoms with Gasteiger partial charge in [-0.3, -0.25) is 9.59 Å². The molecule has 140 valence electrons. The molecule has 1 aromatic heterocycles. The second kappa shape index (κ2) is 8.49. The second-order valence-corrected chi connectivity index (χ2v) is 6.87. The summed E-state index contributed by atoms with van der Waals surface area (Å²) in [7, 11) is 0. The van der Waals surface area contributed by atoms with Crippen molar-refractivity contribution in [1.82, 2.24) is 20.2 Å². The molecule has 0 atom stereocenters. The number of hydrogen-bond donors (Lipinski definition) is 2. The summed E-state index contributed by atoms with van der Waals surface area (Å²) in [5, 5.41) is 14.3. The van der Waals surface area contributed by atoms with Gasteiger partial charge in [0, 0.05) is 24.5 Å². The summed E-state index contributed by atoms with van der Waals surface area (Å²) in [6, 6.07) is 9.25. The molecule has 0 unspecified atom stereocenters. The summed E-state index contributed by atoms with van der Waals surface area (Å²) >= 11 is 0. The van der Waals surface area contributed by atoms with Gasteiger partial charge in [0.25, 0.3) is 5.91 Å². The molecule has 0 radical (unpaired) electrons. The van der Waals surface area contributed by atoms with Gasteiger partial charge in [0.2, 0.25) is 5.91 Å². The first-order valence-corrected chi connectivity index (χ1v) is 9.15. The van der Waals surface area contributed by atoms with Crippen LogP contribution < -0.4 is 10.6 Å². The molecule has 1 aliphatic rings. The van der Waals surface area contributed by atoms with Gasteiger partial charge in [0.05, 0.1) is 12.4 Å². The first-order valence-electron chi connectivity index (χ1n) is 9.15.